The molecule has 43 heavy (non-hydrogen) atoms. The van der Waals surface area contributed by atoms with Crippen LogP contribution in [0.4, 0.5) is 0 Å². The van der Waals surface area contributed by atoms with Crippen molar-refractivity contribution < 1.29 is 15.4 Å². The van der Waals surface area contributed by atoms with Gasteiger partial charge in [-0.25, -0.2) is 0 Å². The fourth-order valence-corrected chi connectivity index (χ4v) is 6.36. The van der Waals surface area contributed by atoms with Gasteiger partial charge in [0.1, 0.15) is 11.2 Å². The molecule has 0 bridgehead atoms. The minimum absolute atomic E-state index is 0.195. The Hall–Kier alpha value is -5.66. The lowest BCUT2D eigenvalue weighted by atomic mass is 9.86. The molecule has 9 aromatic rings. The molecule has 0 radical (unpaired) electrons. The van der Waals surface area contributed by atoms with E-state index in [4.69, 9.17) is 15.4 Å². The summed E-state index contributed by atoms with van der Waals surface area (Å²) >= 11 is 0. The van der Waals surface area contributed by atoms with E-state index in [1.165, 1.54) is 0 Å². The molecule has 0 aliphatic rings. The summed E-state index contributed by atoms with van der Waals surface area (Å²) < 4.78 is 77.1. The molecule has 1 heterocycles. The Balaban J connectivity index is 1.31. The smallest absolute Gasteiger partial charge is 0.136 e. The van der Waals surface area contributed by atoms with Crippen molar-refractivity contribution in [1.82, 2.24) is 0 Å². The highest BCUT2D eigenvalue weighted by Gasteiger charge is 2.17. The van der Waals surface area contributed by atoms with Crippen LogP contribution >= 0.6 is 0 Å². The molecule has 0 atom stereocenters. The molecule has 0 aliphatic heterocycles. The third-order valence-corrected chi connectivity index (χ3v) is 8.31. The average molecular weight is 555 g/mol. The summed E-state index contributed by atoms with van der Waals surface area (Å²) in [6.45, 7) is 0. The van der Waals surface area contributed by atoms with E-state index in [0.29, 0.717) is 22.3 Å². The van der Waals surface area contributed by atoms with Gasteiger partial charge in [-0.2, -0.15) is 0 Å². The van der Waals surface area contributed by atoms with E-state index in [1.54, 1.807) is 24.3 Å². The van der Waals surface area contributed by atoms with E-state index >= 15 is 0 Å². The van der Waals surface area contributed by atoms with Gasteiger partial charge in [-0.15, -0.1) is 0 Å². The number of hydrogen-bond donors (Lipinski definition) is 0. The molecular weight excluding hydrogens is 520 g/mol. The lowest BCUT2D eigenvalue weighted by molar-refractivity contribution is 0.669. The third-order valence-electron chi connectivity index (χ3n) is 8.31. The second-order valence-electron chi connectivity index (χ2n) is 10.7. The van der Waals surface area contributed by atoms with Gasteiger partial charge in [0.05, 0.1) is 11.0 Å². The van der Waals surface area contributed by atoms with Crippen LogP contribution in [0.25, 0.3) is 87.6 Å². The second kappa shape index (κ2) is 9.44. The van der Waals surface area contributed by atoms with Crippen LogP contribution in [0, 0.1) is 0 Å². The van der Waals surface area contributed by atoms with E-state index in [9.17, 15) is 0 Å². The van der Waals surface area contributed by atoms with Crippen molar-refractivity contribution in [2.75, 3.05) is 0 Å². The van der Waals surface area contributed by atoms with E-state index in [2.05, 4.69) is 24.3 Å². The van der Waals surface area contributed by atoms with Crippen LogP contribution in [0.5, 0.6) is 0 Å². The number of benzene rings is 8. The standard InChI is InChI=1S/C42H26O/c1-2-11-29(12-3-1)40-33-14-6-8-16-35(33)41(36-17-9-7-15-34(36)40)30-20-18-27(19-21-30)31-22-24-37-39(26-31)43-38-25-23-28-10-4-5-13-32(28)42(37)38/h1-26H/i6D,7D,8D,9D,14D,15D,16D,17D. The van der Waals surface area contributed by atoms with Gasteiger partial charge in [-0.1, -0.05) is 139 Å². The summed E-state index contributed by atoms with van der Waals surface area (Å²) in [5.74, 6) is 0. The Kier molecular flexibility index (Phi) is 3.80. The maximum atomic E-state index is 9.13. The second-order valence-corrected chi connectivity index (χ2v) is 10.7. The molecule has 0 saturated heterocycles. The van der Waals surface area contributed by atoms with Crippen molar-refractivity contribution >= 4 is 54.3 Å². The van der Waals surface area contributed by atoms with Crippen LogP contribution in [-0.2, 0) is 0 Å². The van der Waals surface area contributed by atoms with Crippen molar-refractivity contribution in [2.45, 2.75) is 0 Å². The fourth-order valence-electron chi connectivity index (χ4n) is 6.36. The Morgan fingerprint density at radius 1 is 0.395 bits per heavy atom. The van der Waals surface area contributed by atoms with Gasteiger partial charge in [0.2, 0.25) is 0 Å². The maximum Gasteiger partial charge on any atom is 0.136 e. The van der Waals surface area contributed by atoms with E-state index in [-0.39, 0.29) is 45.7 Å². The lowest BCUT2D eigenvalue weighted by Crippen LogP contribution is -1.90. The first-order chi connectivity index (χ1) is 24.7. The summed E-state index contributed by atoms with van der Waals surface area (Å²) in [4.78, 5) is 0. The number of rotatable bonds is 3. The van der Waals surface area contributed by atoms with Crippen LogP contribution < -0.4 is 0 Å². The average Bonchev–Trinajstić information content (AvgIpc) is 3.55. The van der Waals surface area contributed by atoms with Crippen LogP contribution in [0.2, 0.25) is 0 Å². The molecule has 0 N–H and O–H groups in total. The molecule has 0 unspecified atom stereocenters. The molecule has 0 saturated carbocycles. The molecule has 0 aliphatic carbocycles. The largest absolute Gasteiger partial charge is 0.456 e. The normalized spacial score (nSPS) is 14.3. The molecule has 8 aromatic carbocycles. The van der Waals surface area contributed by atoms with Gasteiger partial charge in [-0.05, 0) is 83.9 Å². The predicted octanol–water partition coefficient (Wildman–Crippen LogP) is 12.0. The Bertz CT molecular complexity index is 2850. The lowest BCUT2D eigenvalue weighted by Gasteiger charge is -2.18. The molecule has 1 aromatic heterocycles. The van der Waals surface area contributed by atoms with Gasteiger partial charge in [0.25, 0.3) is 0 Å². The van der Waals surface area contributed by atoms with Gasteiger partial charge >= 0.3 is 0 Å². The zero-order chi connectivity index (χ0) is 35.3. The molecule has 9 rings (SSSR count). The SMILES string of the molecule is [2H]c1c([2H])c([2H])c2c(-c3ccc(-c4ccc5c(c4)oc4ccc6ccccc6c45)cc3)c3c([2H])c([2H])c([2H])c([2H])c3c(-c3ccccc3)c2c1[2H]. The predicted molar refractivity (Wildman–Crippen MR) is 183 cm³/mol. The number of fused-ring (bicyclic) bond motifs is 7. The molecule has 1 heteroatoms. The quantitative estimate of drug-likeness (QED) is 0.198. The zero-order valence-electron chi connectivity index (χ0n) is 30.8. The first-order valence-corrected chi connectivity index (χ1v) is 14.1. The van der Waals surface area contributed by atoms with E-state index in [1.807, 2.05) is 60.7 Å². The van der Waals surface area contributed by atoms with Crippen LogP contribution in [0.15, 0.2) is 162 Å². The monoisotopic (exact) mass is 554 g/mol. The van der Waals surface area contributed by atoms with Crippen molar-refractivity contribution in [2.24, 2.45) is 0 Å². The topological polar surface area (TPSA) is 13.1 Å². The molecule has 0 amide bonds. The Morgan fingerprint density at radius 3 is 1.63 bits per heavy atom. The minimum atomic E-state index is -0.420. The molecular formula is C42H26O. The van der Waals surface area contributed by atoms with Gasteiger partial charge in [-0.3, -0.25) is 0 Å². The summed E-state index contributed by atoms with van der Waals surface area (Å²) in [5.41, 5.74) is 5.15. The highest BCUT2D eigenvalue weighted by Crippen LogP contribution is 2.44. The summed E-state index contributed by atoms with van der Waals surface area (Å²) in [6.07, 6.45) is 0. The Labute approximate surface area is 260 Å². The van der Waals surface area contributed by atoms with Crippen LogP contribution in [0.1, 0.15) is 11.0 Å². The van der Waals surface area contributed by atoms with Gasteiger partial charge < -0.3 is 4.42 Å². The minimum Gasteiger partial charge on any atom is -0.456 e. The fraction of sp³-hybridized carbons (Fsp3) is 0. The van der Waals surface area contributed by atoms with Crippen LogP contribution in [-0.4, -0.2) is 0 Å². The van der Waals surface area contributed by atoms with E-state index < -0.39 is 24.2 Å². The first kappa shape index (κ1) is 17.3. The van der Waals surface area contributed by atoms with Crippen molar-refractivity contribution in [3.8, 4) is 33.4 Å². The van der Waals surface area contributed by atoms with Gasteiger partial charge in [0.15, 0.2) is 0 Å². The van der Waals surface area contributed by atoms with Crippen molar-refractivity contribution in [3.05, 3.63) is 158 Å². The van der Waals surface area contributed by atoms with Crippen molar-refractivity contribution in [1.29, 1.82) is 0 Å². The number of hydrogen-bond acceptors (Lipinski definition) is 1. The molecule has 0 fully saturated rings. The molecule has 200 valence electrons. The summed E-state index contributed by atoms with van der Waals surface area (Å²) in [7, 11) is 0. The van der Waals surface area contributed by atoms with Gasteiger partial charge in [0, 0.05) is 10.8 Å². The highest BCUT2D eigenvalue weighted by molar-refractivity contribution is 6.22. The summed E-state index contributed by atoms with van der Waals surface area (Å²) in [6, 6.07) is 32.1. The van der Waals surface area contributed by atoms with Crippen molar-refractivity contribution in [3.63, 3.8) is 0 Å². The highest BCUT2D eigenvalue weighted by atomic mass is 16.3. The third kappa shape index (κ3) is 3.72. The first-order valence-electron chi connectivity index (χ1n) is 18.1. The Morgan fingerprint density at radius 2 is 0.953 bits per heavy atom. The maximum absolute atomic E-state index is 9.13. The molecule has 0 spiro atoms. The number of furan rings is 1. The zero-order valence-corrected chi connectivity index (χ0v) is 22.8. The summed E-state index contributed by atoms with van der Waals surface area (Å²) in [5, 5.41) is 5.14. The van der Waals surface area contributed by atoms with Crippen LogP contribution in [0.3, 0.4) is 0 Å². The van der Waals surface area contributed by atoms with E-state index in [0.717, 1.165) is 43.8 Å². The molecule has 1 nitrogen and oxygen atoms in total.